The molecule has 0 spiro atoms. The summed E-state index contributed by atoms with van der Waals surface area (Å²) in [5, 5.41) is 0.904. The van der Waals surface area contributed by atoms with Gasteiger partial charge in [-0.15, -0.1) is 0 Å². The Morgan fingerprint density at radius 3 is 2.59 bits per heavy atom. The van der Waals surface area contributed by atoms with Crippen molar-refractivity contribution in [2.45, 2.75) is 76.5 Å². The third kappa shape index (κ3) is 6.68. The Labute approximate surface area is 111 Å². The molecule has 1 aliphatic carbocycles. The van der Waals surface area contributed by atoms with Crippen molar-refractivity contribution in [3.05, 3.63) is 0 Å². The van der Waals surface area contributed by atoms with Crippen LogP contribution >= 0.6 is 11.8 Å². The molecule has 1 fully saturated rings. The molecular formula is C14H30N2S. The maximum absolute atomic E-state index is 5.67. The van der Waals surface area contributed by atoms with Gasteiger partial charge in [0, 0.05) is 17.0 Å². The lowest BCUT2D eigenvalue weighted by molar-refractivity contribution is 0.407. The average molecular weight is 258 g/mol. The van der Waals surface area contributed by atoms with Crippen molar-refractivity contribution >= 4 is 11.8 Å². The molecule has 1 saturated carbocycles. The number of nitrogens with two attached hydrogens (primary N) is 1. The van der Waals surface area contributed by atoms with Crippen LogP contribution in [0.4, 0.5) is 0 Å². The number of thioether (sulfide) groups is 1. The van der Waals surface area contributed by atoms with Gasteiger partial charge in [-0.2, -0.15) is 11.8 Å². The Morgan fingerprint density at radius 1 is 1.29 bits per heavy atom. The molecule has 0 amide bonds. The molecule has 102 valence electrons. The van der Waals surface area contributed by atoms with Gasteiger partial charge in [0.05, 0.1) is 0 Å². The standard InChI is InChI=1S/C14H30N2S/c1-3-7-12(2)10-13(16-15)11-17-14-8-5-4-6-9-14/h12-14,16H,3-11,15H2,1-2H3. The van der Waals surface area contributed by atoms with Gasteiger partial charge in [-0.3, -0.25) is 11.3 Å². The second-order valence-electron chi connectivity index (χ2n) is 5.59. The molecule has 0 aliphatic heterocycles. The first-order valence-electron chi connectivity index (χ1n) is 7.34. The smallest absolute Gasteiger partial charge is 0.0303 e. The van der Waals surface area contributed by atoms with Crippen LogP contribution in [0, 0.1) is 5.92 Å². The van der Waals surface area contributed by atoms with Gasteiger partial charge in [0.2, 0.25) is 0 Å². The third-order valence-corrected chi connectivity index (χ3v) is 5.33. The molecule has 2 nitrogen and oxygen atoms in total. The van der Waals surface area contributed by atoms with Crippen LogP contribution in [0.5, 0.6) is 0 Å². The zero-order chi connectivity index (χ0) is 12.5. The highest BCUT2D eigenvalue weighted by Crippen LogP contribution is 2.29. The highest BCUT2D eigenvalue weighted by atomic mass is 32.2. The summed E-state index contributed by atoms with van der Waals surface area (Å²) in [6.07, 6.45) is 11.0. The maximum atomic E-state index is 5.67. The van der Waals surface area contributed by atoms with Gasteiger partial charge >= 0.3 is 0 Å². The van der Waals surface area contributed by atoms with Crippen LogP contribution in [0.1, 0.15) is 65.2 Å². The van der Waals surface area contributed by atoms with Crippen molar-refractivity contribution in [3.8, 4) is 0 Å². The number of nitrogens with one attached hydrogen (secondary N) is 1. The summed E-state index contributed by atoms with van der Waals surface area (Å²) in [4.78, 5) is 0. The summed E-state index contributed by atoms with van der Waals surface area (Å²) in [5.41, 5.74) is 3.01. The fourth-order valence-electron chi connectivity index (χ4n) is 2.76. The molecule has 0 radical (unpaired) electrons. The molecule has 2 unspecified atom stereocenters. The minimum atomic E-state index is 0.503. The Bertz CT molecular complexity index is 181. The van der Waals surface area contributed by atoms with Crippen molar-refractivity contribution in [1.29, 1.82) is 0 Å². The molecule has 2 atom stereocenters. The lowest BCUT2D eigenvalue weighted by Gasteiger charge is -2.25. The van der Waals surface area contributed by atoms with E-state index in [9.17, 15) is 0 Å². The molecule has 1 rings (SSSR count). The lowest BCUT2D eigenvalue weighted by Crippen LogP contribution is -2.38. The molecule has 0 aromatic carbocycles. The predicted octanol–water partition coefficient (Wildman–Crippen LogP) is 3.71. The Kier molecular flexibility index (Phi) is 8.33. The molecule has 0 heterocycles. The van der Waals surface area contributed by atoms with E-state index in [1.165, 1.54) is 57.1 Å². The highest BCUT2D eigenvalue weighted by molar-refractivity contribution is 7.99. The topological polar surface area (TPSA) is 38.0 Å². The largest absolute Gasteiger partial charge is 0.271 e. The lowest BCUT2D eigenvalue weighted by atomic mass is 9.98. The summed E-state index contributed by atoms with van der Waals surface area (Å²) < 4.78 is 0. The van der Waals surface area contributed by atoms with Crippen LogP contribution in [0.2, 0.25) is 0 Å². The molecule has 3 heteroatoms. The van der Waals surface area contributed by atoms with Crippen molar-refractivity contribution in [2.24, 2.45) is 11.8 Å². The zero-order valence-electron chi connectivity index (χ0n) is 11.6. The van der Waals surface area contributed by atoms with E-state index in [1.54, 1.807) is 0 Å². The Balaban J connectivity index is 2.16. The van der Waals surface area contributed by atoms with E-state index in [1.807, 2.05) is 0 Å². The summed E-state index contributed by atoms with van der Waals surface area (Å²) in [6, 6.07) is 0.503. The number of hydrogen-bond acceptors (Lipinski definition) is 3. The van der Waals surface area contributed by atoms with E-state index in [0.717, 1.165) is 11.2 Å². The second-order valence-corrected chi connectivity index (χ2v) is 6.92. The molecule has 0 bridgehead atoms. The summed E-state index contributed by atoms with van der Waals surface area (Å²) >= 11 is 2.15. The van der Waals surface area contributed by atoms with E-state index in [2.05, 4.69) is 31.0 Å². The van der Waals surface area contributed by atoms with E-state index in [4.69, 9.17) is 5.84 Å². The van der Waals surface area contributed by atoms with Crippen LogP contribution in [0.3, 0.4) is 0 Å². The first-order chi connectivity index (χ1) is 8.26. The molecule has 0 aromatic rings. The van der Waals surface area contributed by atoms with Gasteiger partial charge in [0.1, 0.15) is 0 Å². The van der Waals surface area contributed by atoms with Gasteiger partial charge in [0.25, 0.3) is 0 Å². The maximum Gasteiger partial charge on any atom is 0.0303 e. The predicted molar refractivity (Wildman–Crippen MR) is 79.1 cm³/mol. The third-order valence-electron chi connectivity index (χ3n) is 3.79. The molecule has 0 saturated heterocycles. The monoisotopic (exact) mass is 258 g/mol. The minimum Gasteiger partial charge on any atom is -0.271 e. The first kappa shape index (κ1) is 15.3. The molecular weight excluding hydrogens is 228 g/mol. The number of hydrogen-bond donors (Lipinski definition) is 2. The van der Waals surface area contributed by atoms with Crippen molar-refractivity contribution in [3.63, 3.8) is 0 Å². The van der Waals surface area contributed by atoms with E-state index in [-0.39, 0.29) is 0 Å². The van der Waals surface area contributed by atoms with Crippen molar-refractivity contribution in [1.82, 2.24) is 5.43 Å². The van der Waals surface area contributed by atoms with Crippen molar-refractivity contribution < 1.29 is 0 Å². The normalized spacial score (nSPS) is 21.4. The molecule has 17 heavy (non-hydrogen) atoms. The highest BCUT2D eigenvalue weighted by Gasteiger charge is 2.17. The number of rotatable bonds is 8. The Hall–Kier alpha value is 0.270. The summed E-state index contributed by atoms with van der Waals surface area (Å²) in [5.74, 6) is 7.66. The van der Waals surface area contributed by atoms with Crippen LogP contribution in [0.15, 0.2) is 0 Å². The summed E-state index contributed by atoms with van der Waals surface area (Å²) in [7, 11) is 0. The fourth-order valence-corrected chi connectivity index (χ4v) is 4.17. The summed E-state index contributed by atoms with van der Waals surface area (Å²) in [6.45, 7) is 4.61. The average Bonchev–Trinajstić information content (AvgIpc) is 2.36. The van der Waals surface area contributed by atoms with Gasteiger partial charge in [-0.25, -0.2) is 0 Å². The second kappa shape index (κ2) is 9.23. The van der Waals surface area contributed by atoms with Crippen LogP contribution < -0.4 is 11.3 Å². The quantitative estimate of drug-likeness (QED) is 0.515. The molecule has 0 aromatic heterocycles. The first-order valence-corrected chi connectivity index (χ1v) is 8.38. The SMILES string of the molecule is CCCC(C)CC(CSC1CCCCC1)NN. The molecule has 3 N–H and O–H groups in total. The van der Waals surface area contributed by atoms with Gasteiger partial charge in [0.15, 0.2) is 0 Å². The minimum absolute atomic E-state index is 0.503. The van der Waals surface area contributed by atoms with E-state index in [0.29, 0.717) is 6.04 Å². The van der Waals surface area contributed by atoms with Crippen LogP contribution in [0.25, 0.3) is 0 Å². The van der Waals surface area contributed by atoms with E-state index < -0.39 is 0 Å². The van der Waals surface area contributed by atoms with Gasteiger partial charge < -0.3 is 0 Å². The molecule has 1 aliphatic rings. The fraction of sp³-hybridized carbons (Fsp3) is 1.00. The Morgan fingerprint density at radius 2 is 2.00 bits per heavy atom. The van der Waals surface area contributed by atoms with Crippen molar-refractivity contribution in [2.75, 3.05) is 5.75 Å². The van der Waals surface area contributed by atoms with Crippen LogP contribution in [-0.4, -0.2) is 17.0 Å². The van der Waals surface area contributed by atoms with Gasteiger partial charge in [-0.1, -0.05) is 46.0 Å². The number of hydrazine groups is 1. The van der Waals surface area contributed by atoms with E-state index >= 15 is 0 Å². The van der Waals surface area contributed by atoms with Crippen LogP contribution in [-0.2, 0) is 0 Å². The zero-order valence-corrected chi connectivity index (χ0v) is 12.4. The van der Waals surface area contributed by atoms with Gasteiger partial charge in [-0.05, 0) is 25.2 Å².